The normalized spacial score (nSPS) is 28.8. The second-order valence-electron chi connectivity index (χ2n) is 7.74. The van der Waals surface area contributed by atoms with Gasteiger partial charge in [-0.15, -0.1) is 0 Å². The number of sulfonamides is 1. The van der Waals surface area contributed by atoms with E-state index in [0.717, 1.165) is 18.4 Å². The monoisotopic (exact) mass is 387 g/mol. The van der Waals surface area contributed by atoms with Gasteiger partial charge in [-0.2, -0.15) is 12.8 Å². The van der Waals surface area contributed by atoms with Crippen LogP contribution in [0.4, 0.5) is 0 Å². The van der Waals surface area contributed by atoms with Gasteiger partial charge in [-0.1, -0.05) is 28.8 Å². The summed E-state index contributed by atoms with van der Waals surface area (Å²) in [4.78, 5) is 0.221. The van der Waals surface area contributed by atoms with E-state index in [-0.39, 0.29) is 16.7 Å². The van der Waals surface area contributed by atoms with Crippen LogP contribution in [0, 0.1) is 18.8 Å². The molecule has 0 amide bonds. The van der Waals surface area contributed by atoms with Crippen molar-refractivity contribution in [2.45, 2.75) is 44.3 Å². The Morgan fingerprint density at radius 2 is 1.63 bits per heavy atom. The van der Waals surface area contributed by atoms with Crippen molar-refractivity contribution >= 4 is 15.7 Å². The van der Waals surface area contributed by atoms with Gasteiger partial charge in [0.05, 0.1) is 23.8 Å². The molecule has 0 saturated carbocycles. The predicted octanol–water partition coefficient (Wildman–Crippen LogP) is 3.80. The highest BCUT2D eigenvalue weighted by molar-refractivity contribution is 7.90. The van der Waals surface area contributed by atoms with E-state index in [9.17, 15) is 8.42 Å². The maximum Gasteiger partial charge on any atom is 0.282 e. The first-order chi connectivity index (χ1) is 12.8. The van der Waals surface area contributed by atoms with Gasteiger partial charge in [0.2, 0.25) is 0 Å². The molecule has 144 valence electrons. The van der Waals surface area contributed by atoms with Crippen molar-refractivity contribution in [2.24, 2.45) is 16.2 Å². The van der Waals surface area contributed by atoms with Gasteiger partial charge in [-0.05, 0) is 57.9 Å². The summed E-state index contributed by atoms with van der Waals surface area (Å²) in [5.41, 5.74) is 4.23. The largest absolute Gasteiger partial charge is 0.344 e. The predicted molar refractivity (Wildman–Crippen MR) is 104 cm³/mol. The number of rotatable bonds is 2. The number of ether oxygens (including phenoxy) is 2. The molecule has 2 aliphatic carbocycles. The minimum absolute atomic E-state index is 0.0305. The Morgan fingerprint density at radius 1 is 1.00 bits per heavy atom. The average Bonchev–Trinajstić information content (AvgIpc) is 3.09. The molecule has 4 rings (SSSR count). The molecule has 1 saturated heterocycles. The van der Waals surface area contributed by atoms with Crippen molar-refractivity contribution in [3.8, 4) is 0 Å². The second kappa shape index (κ2) is 6.69. The number of hydrogen-bond donors (Lipinski definition) is 0. The van der Waals surface area contributed by atoms with E-state index in [1.807, 2.05) is 13.0 Å². The molecule has 2 unspecified atom stereocenters. The van der Waals surface area contributed by atoms with E-state index < -0.39 is 15.8 Å². The third-order valence-electron chi connectivity index (χ3n) is 5.93. The van der Waals surface area contributed by atoms with E-state index in [0.29, 0.717) is 18.9 Å². The van der Waals surface area contributed by atoms with Crippen LogP contribution in [0.2, 0.25) is 0 Å². The van der Waals surface area contributed by atoms with Crippen LogP contribution in [0.15, 0.2) is 56.9 Å². The fraction of sp³-hybridized carbons (Fsp3) is 0.476. The summed E-state index contributed by atoms with van der Waals surface area (Å²) in [7, 11) is -3.75. The molecular formula is C21H25NO4S. The summed E-state index contributed by atoms with van der Waals surface area (Å²) in [6.45, 7) is 7.29. The lowest BCUT2D eigenvalue weighted by atomic mass is 9.68. The van der Waals surface area contributed by atoms with E-state index in [1.165, 1.54) is 11.1 Å². The van der Waals surface area contributed by atoms with Crippen LogP contribution in [0.25, 0.3) is 0 Å². The van der Waals surface area contributed by atoms with Crippen molar-refractivity contribution in [3.05, 3.63) is 53.1 Å². The summed E-state index contributed by atoms with van der Waals surface area (Å²) in [5.74, 6) is -0.739. The Bertz CT molecular complexity index is 935. The lowest BCUT2D eigenvalue weighted by Gasteiger charge is -2.44. The van der Waals surface area contributed by atoms with Crippen molar-refractivity contribution < 1.29 is 17.9 Å². The van der Waals surface area contributed by atoms with Gasteiger partial charge in [-0.25, -0.2) is 0 Å². The SMILES string of the molecule is CC1=C(C)CC2C(C1)/C(=N/S(=O)(=O)c1ccc(C)cc1)C=CC21OCCO1. The fourth-order valence-electron chi connectivity index (χ4n) is 4.23. The topological polar surface area (TPSA) is 65.0 Å². The Balaban J connectivity index is 1.76. The molecule has 1 fully saturated rings. The molecule has 1 aliphatic heterocycles. The van der Waals surface area contributed by atoms with Gasteiger partial charge in [0.25, 0.3) is 10.0 Å². The molecule has 1 spiro atoms. The molecule has 5 nitrogen and oxygen atoms in total. The first-order valence-corrected chi connectivity index (χ1v) is 10.8. The van der Waals surface area contributed by atoms with Gasteiger partial charge in [0, 0.05) is 11.8 Å². The maximum atomic E-state index is 12.8. The zero-order chi connectivity index (χ0) is 19.2. The molecule has 3 aliphatic rings. The van der Waals surface area contributed by atoms with Crippen molar-refractivity contribution in [1.82, 2.24) is 0 Å². The molecular weight excluding hydrogens is 362 g/mol. The third-order valence-corrected chi connectivity index (χ3v) is 7.25. The molecule has 1 aromatic carbocycles. The highest BCUT2D eigenvalue weighted by Gasteiger charge is 2.51. The molecule has 0 bridgehead atoms. The van der Waals surface area contributed by atoms with E-state index in [2.05, 4.69) is 18.2 Å². The minimum atomic E-state index is -3.75. The zero-order valence-electron chi connectivity index (χ0n) is 15.9. The highest BCUT2D eigenvalue weighted by Crippen LogP contribution is 2.47. The number of allylic oxidation sites excluding steroid dienone is 3. The number of aryl methyl sites for hydroxylation is 1. The van der Waals surface area contributed by atoms with Crippen LogP contribution in [0.1, 0.15) is 32.3 Å². The smallest absolute Gasteiger partial charge is 0.282 e. The Morgan fingerprint density at radius 3 is 2.30 bits per heavy atom. The minimum Gasteiger partial charge on any atom is -0.344 e. The quantitative estimate of drug-likeness (QED) is 0.724. The third kappa shape index (κ3) is 3.30. The van der Waals surface area contributed by atoms with Crippen LogP contribution < -0.4 is 0 Å². The lowest BCUT2D eigenvalue weighted by Crippen LogP contribution is -2.48. The lowest BCUT2D eigenvalue weighted by molar-refractivity contribution is -0.167. The van der Waals surface area contributed by atoms with Gasteiger partial charge in [0.15, 0.2) is 5.79 Å². The molecule has 27 heavy (non-hydrogen) atoms. The first-order valence-electron chi connectivity index (χ1n) is 9.35. The van der Waals surface area contributed by atoms with E-state index >= 15 is 0 Å². The molecule has 6 heteroatoms. The van der Waals surface area contributed by atoms with Crippen molar-refractivity contribution in [1.29, 1.82) is 0 Å². The van der Waals surface area contributed by atoms with Crippen LogP contribution >= 0.6 is 0 Å². The summed E-state index contributed by atoms with van der Waals surface area (Å²) in [5, 5.41) is 0. The molecule has 0 N–H and O–H groups in total. The van der Waals surface area contributed by atoms with Gasteiger partial charge in [-0.3, -0.25) is 0 Å². The number of benzene rings is 1. The van der Waals surface area contributed by atoms with Crippen molar-refractivity contribution in [3.63, 3.8) is 0 Å². The second-order valence-corrected chi connectivity index (χ2v) is 9.34. The van der Waals surface area contributed by atoms with Gasteiger partial charge < -0.3 is 9.47 Å². The number of nitrogens with zero attached hydrogens (tertiary/aromatic N) is 1. The summed E-state index contributed by atoms with van der Waals surface area (Å²) >= 11 is 0. The first kappa shape index (κ1) is 18.6. The van der Waals surface area contributed by atoms with Crippen LogP contribution in [-0.4, -0.2) is 33.1 Å². The van der Waals surface area contributed by atoms with Crippen LogP contribution in [-0.2, 0) is 19.5 Å². The van der Waals surface area contributed by atoms with Gasteiger partial charge >= 0.3 is 0 Å². The molecule has 1 heterocycles. The molecule has 0 aromatic heterocycles. The summed E-state index contributed by atoms with van der Waals surface area (Å²) < 4.78 is 41.9. The molecule has 2 atom stereocenters. The molecule has 0 radical (unpaired) electrons. The summed E-state index contributed by atoms with van der Waals surface area (Å²) in [6, 6.07) is 6.80. The molecule has 1 aromatic rings. The number of hydrogen-bond acceptors (Lipinski definition) is 4. The van der Waals surface area contributed by atoms with Crippen LogP contribution in [0.3, 0.4) is 0 Å². The van der Waals surface area contributed by atoms with Crippen LogP contribution in [0.5, 0.6) is 0 Å². The standard InChI is InChI=1S/C21H25NO4S/c1-14-4-6-17(7-5-14)27(23,24)22-20-8-9-21(25-10-11-26-21)19-13-16(3)15(2)12-18(19)20/h4-9,18-19H,10-13H2,1-3H3/b22-20+. The van der Waals surface area contributed by atoms with Crippen molar-refractivity contribution in [2.75, 3.05) is 13.2 Å². The fourth-order valence-corrected chi connectivity index (χ4v) is 5.29. The zero-order valence-corrected chi connectivity index (χ0v) is 16.8. The van der Waals surface area contributed by atoms with Gasteiger partial charge in [0.1, 0.15) is 0 Å². The average molecular weight is 388 g/mol. The van der Waals surface area contributed by atoms with E-state index in [4.69, 9.17) is 9.47 Å². The Labute approximate surface area is 160 Å². The number of fused-ring (bicyclic) bond motifs is 2. The Hall–Kier alpha value is -1.76. The maximum absolute atomic E-state index is 12.8. The highest BCUT2D eigenvalue weighted by atomic mass is 32.2. The summed E-state index contributed by atoms with van der Waals surface area (Å²) in [6.07, 6.45) is 5.24. The van der Waals surface area contributed by atoms with E-state index in [1.54, 1.807) is 30.3 Å². The Kier molecular flexibility index (Phi) is 4.61.